The highest BCUT2D eigenvalue weighted by atomic mass is 32.1. The third-order valence-electron chi connectivity index (χ3n) is 4.71. The lowest BCUT2D eigenvalue weighted by molar-refractivity contribution is -0.112. The minimum atomic E-state index is -0.203. The molecule has 0 spiro atoms. The Bertz CT molecular complexity index is 820. The molecule has 2 aliphatic rings. The fourth-order valence-electron chi connectivity index (χ4n) is 3.34. The first-order valence-corrected chi connectivity index (χ1v) is 9.77. The van der Waals surface area contributed by atoms with Gasteiger partial charge in [0.15, 0.2) is 11.2 Å². The average Bonchev–Trinajstić information content (AvgIpc) is 3.33. The second-order valence-corrected chi connectivity index (χ2v) is 7.59. The quantitative estimate of drug-likeness (QED) is 0.749. The number of nitrogens with zero attached hydrogens (tertiary/aromatic N) is 3. The number of thiazole rings is 1. The highest BCUT2D eigenvalue weighted by Crippen LogP contribution is 2.33. The SMILES string of the molecule is C=CCN(C(=O)C1=NOC(c2ccccc2)C1)c1nc2c(s1)CCCC2. The standard InChI is InChI=1S/C20H21N3O2S/c1-2-12-23(20-21-15-10-6-7-11-18(15)26-20)19(24)16-13-17(25-22-16)14-8-4-3-5-9-14/h2-5,8-9,17H,1,6-7,10-13H2. The van der Waals surface area contributed by atoms with Gasteiger partial charge in [0.05, 0.1) is 5.69 Å². The molecule has 4 rings (SSSR count). The first-order chi connectivity index (χ1) is 12.8. The van der Waals surface area contributed by atoms with E-state index in [0.717, 1.165) is 29.2 Å². The molecule has 2 aromatic rings. The van der Waals surface area contributed by atoms with Crippen LogP contribution in [0.15, 0.2) is 48.1 Å². The molecule has 1 aliphatic carbocycles. The van der Waals surface area contributed by atoms with E-state index in [2.05, 4.69) is 11.7 Å². The van der Waals surface area contributed by atoms with Gasteiger partial charge in [-0.05, 0) is 31.2 Å². The Labute approximate surface area is 157 Å². The summed E-state index contributed by atoms with van der Waals surface area (Å²) < 4.78 is 0. The van der Waals surface area contributed by atoms with Crippen LogP contribution < -0.4 is 4.90 Å². The van der Waals surface area contributed by atoms with E-state index < -0.39 is 0 Å². The Balaban J connectivity index is 1.53. The van der Waals surface area contributed by atoms with Gasteiger partial charge in [-0.25, -0.2) is 4.98 Å². The van der Waals surface area contributed by atoms with Crippen LogP contribution in [0.3, 0.4) is 0 Å². The molecule has 134 valence electrons. The molecule has 0 radical (unpaired) electrons. The molecule has 0 saturated heterocycles. The molecule has 1 atom stereocenters. The Morgan fingerprint density at radius 2 is 2.12 bits per heavy atom. The third-order valence-corrected chi connectivity index (χ3v) is 5.89. The summed E-state index contributed by atoms with van der Waals surface area (Å²) in [4.78, 5) is 26.3. The van der Waals surface area contributed by atoms with E-state index in [0.29, 0.717) is 18.7 Å². The summed E-state index contributed by atoms with van der Waals surface area (Å²) in [5, 5.41) is 4.82. The van der Waals surface area contributed by atoms with Gasteiger partial charge in [-0.15, -0.1) is 17.9 Å². The molecule has 1 aromatic heterocycles. The molecule has 1 aliphatic heterocycles. The summed E-state index contributed by atoms with van der Waals surface area (Å²) in [5.74, 6) is -0.144. The predicted octanol–water partition coefficient (Wildman–Crippen LogP) is 4.06. The number of carbonyl (C=O) groups is 1. The van der Waals surface area contributed by atoms with Gasteiger partial charge in [-0.3, -0.25) is 9.69 Å². The second kappa shape index (κ2) is 7.41. The van der Waals surface area contributed by atoms with Crippen molar-refractivity contribution >= 4 is 28.1 Å². The number of amides is 1. The van der Waals surface area contributed by atoms with Crippen LogP contribution in [0.4, 0.5) is 5.13 Å². The van der Waals surface area contributed by atoms with Crippen molar-refractivity contribution in [3.63, 3.8) is 0 Å². The lowest BCUT2D eigenvalue weighted by Crippen LogP contribution is -2.36. The van der Waals surface area contributed by atoms with Crippen LogP contribution in [0.5, 0.6) is 0 Å². The van der Waals surface area contributed by atoms with E-state index in [4.69, 9.17) is 9.82 Å². The number of benzene rings is 1. The summed E-state index contributed by atoms with van der Waals surface area (Å²) in [6, 6.07) is 9.86. The Kier molecular flexibility index (Phi) is 4.84. The summed E-state index contributed by atoms with van der Waals surface area (Å²) in [5.41, 5.74) is 2.61. The minimum absolute atomic E-state index is 0.144. The van der Waals surface area contributed by atoms with E-state index >= 15 is 0 Å². The smallest absolute Gasteiger partial charge is 0.278 e. The maximum absolute atomic E-state index is 13.1. The Hall–Kier alpha value is -2.47. The van der Waals surface area contributed by atoms with Crippen molar-refractivity contribution in [2.75, 3.05) is 11.4 Å². The summed E-state index contributed by atoms with van der Waals surface area (Å²) in [6.45, 7) is 4.21. The zero-order valence-corrected chi connectivity index (χ0v) is 15.4. The molecule has 2 heterocycles. The molecular weight excluding hydrogens is 346 g/mol. The van der Waals surface area contributed by atoms with E-state index in [-0.39, 0.29) is 12.0 Å². The zero-order valence-electron chi connectivity index (χ0n) is 14.6. The predicted molar refractivity (Wildman–Crippen MR) is 104 cm³/mol. The minimum Gasteiger partial charge on any atom is -0.387 e. The molecule has 0 bridgehead atoms. The fourth-order valence-corrected chi connectivity index (χ4v) is 4.49. The van der Waals surface area contributed by atoms with Crippen molar-refractivity contribution in [2.45, 2.75) is 38.2 Å². The number of aromatic nitrogens is 1. The van der Waals surface area contributed by atoms with Crippen LogP contribution >= 0.6 is 11.3 Å². The number of fused-ring (bicyclic) bond motifs is 1. The third kappa shape index (κ3) is 3.29. The normalized spacial score (nSPS) is 18.6. The molecule has 0 N–H and O–H groups in total. The van der Waals surface area contributed by atoms with Crippen molar-refractivity contribution in [1.82, 2.24) is 4.98 Å². The molecule has 0 fully saturated rings. The summed E-state index contributed by atoms with van der Waals surface area (Å²) in [7, 11) is 0. The first kappa shape index (κ1) is 17.0. The van der Waals surface area contributed by atoms with Crippen LogP contribution in [-0.2, 0) is 22.5 Å². The molecule has 1 unspecified atom stereocenters. The van der Waals surface area contributed by atoms with Crippen LogP contribution in [0.2, 0.25) is 0 Å². The molecule has 5 nitrogen and oxygen atoms in total. The van der Waals surface area contributed by atoms with Crippen LogP contribution in [-0.4, -0.2) is 23.1 Å². The van der Waals surface area contributed by atoms with E-state index in [1.54, 1.807) is 22.3 Å². The van der Waals surface area contributed by atoms with Crippen LogP contribution in [0, 0.1) is 0 Å². The second-order valence-electron chi connectivity index (χ2n) is 6.52. The van der Waals surface area contributed by atoms with Gasteiger partial charge in [0.1, 0.15) is 5.71 Å². The van der Waals surface area contributed by atoms with Gasteiger partial charge in [0.25, 0.3) is 5.91 Å². The van der Waals surface area contributed by atoms with E-state index in [1.807, 2.05) is 30.3 Å². The van der Waals surface area contributed by atoms with Gasteiger partial charge < -0.3 is 4.84 Å². The average molecular weight is 367 g/mol. The van der Waals surface area contributed by atoms with Crippen molar-refractivity contribution in [1.29, 1.82) is 0 Å². The summed E-state index contributed by atoms with van der Waals surface area (Å²) >= 11 is 1.62. The van der Waals surface area contributed by atoms with Gasteiger partial charge in [-0.1, -0.05) is 41.6 Å². The molecule has 1 amide bonds. The number of hydrogen-bond acceptors (Lipinski definition) is 5. The van der Waals surface area contributed by atoms with Gasteiger partial charge in [-0.2, -0.15) is 0 Å². The maximum atomic E-state index is 13.1. The largest absolute Gasteiger partial charge is 0.387 e. The number of carbonyl (C=O) groups excluding carboxylic acids is 1. The molecule has 26 heavy (non-hydrogen) atoms. The Morgan fingerprint density at radius 3 is 2.88 bits per heavy atom. The molecular formula is C20H21N3O2S. The first-order valence-electron chi connectivity index (χ1n) is 8.95. The van der Waals surface area contributed by atoms with E-state index in [1.165, 1.54) is 17.7 Å². The van der Waals surface area contributed by atoms with Crippen molar-refractivity contribution in [2.24, 2.45) is 5.16 Å². The van der Waals surface area contributed by atoms with Gasteiger partial charge >= 0.3 is 0 Å². The van der Waals surface area contributed by atoms with Crippen molar-refractivity contribution < 1.29 is 9.63 Å². The lowest BCUT2D eigenvalue weighted by Gasteiger charge is -2.17. The molecule has 0 saturated carbocycles. The number of hydrogen-bond donors (Lipinski definition) is 0. The van der Waals surface area contributed by atoms with E-state index in [9.17, 15) is 4.79 Å². The maximum Gasteiger partial charge on any atom is 0.278 e. The van der Waals surface area contributed by atoms with Gasteiger partial charge in [0.2, 0.25) is 0 Å². The monoisotopic (exact) mass is 367 g/mol. The van der Waals surface area contributed by atoms with Crippen molar-refractivity contribution in [3.8, 4) is 0 Å². The number of oxime groups is 1. The van der Waals surface area contributed by atoms with Gasteiger partial charge in [0, 0.05) is 17.8 Å². The number of anilines is 1. The van der Waals surface area contributed by atoms with Crippen LogP contribution in [0.25, 0.3) is 0 Å². The molecule has 1 aromatic carbocycles. The zero-order chi connectivity index (χ0) is 17.9. The lowest BCUT2D eigenvalue weighted by atomic mass is 10.0. The number of aryl methyl sites for hydroxylation is 2. The fraction of sp³-hybridized carbons (Fsp3) is 0.350. The van der Waals surface area contributed by atoms with Crippen LogP contribution in [0.1, 0.15) is 41.5 Å². The van der Waals surface area contributed by atoms with Crippen molar-refractivity contribution in [3.05, 3.63) is 59.1 Å². The highest BCUT2D eigenvalue weighted by Gasteiger charge is 2.32. The molecule has 6 heteroatoms. The Morgan fingerprint density at radius 1 is 1.31 bits per heavy atom. The summed E-state index contributed by atoms with van der Waals surface area (Å²) in [6.07, 6.45) is 6.43. The topological polar surface area (TPSA) is 54.8 Å². The highest BCUT2D eigenvalue weighted by molar-refractivity contribution is 7.16. The number of rotatable bonds is 5.